The van der Waals surface area contributed by atoms with E-state index in [1.807, 2.05) is 13.0 Å². The van der Waals surface area contributed by atoms with Crippen molar-refractivity contribution in [2.45, 2.75) is 23.5 Å². The Bertz CT molecular complexity index is 1030. The van der Waals surface area contributed by atoms with E-state index in [0.717, 1.165) is 10.0 Å². The Morgan fingerprint density at radius 2 is 1.48 bits per heavy atom. The first kappa shape index (κ1) is 19.5. The van der Waals surface area contributed by atoms with Crippen molar-refractivity contribution in [2.24, 2.45) is 0 Å². The second-order valence-corrected chi connectivity index (χ2v) is 9.44. The van der Waals surface area contributed by atoms with Crippen LogP contribution in [0, 0.1) is 6.92 Å². The molecule has 3 aromatic carbocycles. The molecular formula is C22H19BrO3S. The molecule has 3 nitrogen and oxygen atoms in total. The van der Waals surface area contributed by atoms with E-state index in [4.69, 9.17) is 0 Å². The van der Waals surface area contributed by atoms with E-state index >= 15 is 0 Å². The molecule has 0 fully saturated rings. The molecule has 0 N–H and O–H groups in total. The maximum Gasteiger partial charge on any atom is 0.185 e. The van der Waals surface area contributed by atoms with Crippen LogP contribution >= 0.6 is 15.9 Å². The minimum absolute atomic E-state index is 0.109. The summed E-state index contributed by atoms with van der Waals surface area (Å²) < 4.78 is 27.5. The summed E-state index contributed by atoms with van der Waals surface area (Å²) in [4.78, 5) is 13.0. The number of hydrogen-bond donors (Lipinski definition) is 0. The largest absolute Gasteiger partial charge is 0.294 e. The van der Waals surface area contributed by atoms with Gasteiger partial charge in [-0.05, 0) is 36.8 Å². The van der Waals surface area contributed by atoms with Crippen LogP contribution in [-0.4, -0.2) is 14.2 Å². The van der Waals surface area contributed by atoms with E-state index in [1.54, 1.807) is 72.8 Å². The summed E-state index contributed by atoms with van der Waals surface area (Å²) >= 11 is 3.34. The van der Waals surface area contributed by atoms with Gasteiger partial charge in [0.15, 0.2) is 15.6 Å². The van der Waals surface area contributed by atoms with Crippen LogP contribution in [0.3, 0.4) is 0 Å². The number of carbonyl (C=O) groups excluding carboxylic acids is 1. The number of sulfone groups is 1. The molecule has 0 spiro atoms. The molecule has 0 heterocycles. The molecule has 3 rings (SSSR count). The van der Waals surface area contributed by atoms with Crippen molar-refractivity contribution in [3.8, 4) is 0 Å². The van der Waals surface area contributed by atoms with Crippen LogP contribution in [0.4, 0.5) is 0 Å². The number of ketones is 1. The van der Waals surface area contributed by atoms with E-state index in [-0.39, 0.29) is 17.1 Å². The topological polar surface area (TPSA) is 51.2 Å². The van der Waals surface area contributed by atoms with E-state index in [2.05, 4.69) is 15.9 Å². The molecule has 0 aromatic heterocycles. The van der Waals surface area contributed by atoms with Gasteiger partial charge in [-0.25, -0.2) is 8.42 Å². The predicted molar refractivity (Wildman–Crippen MR) is 111 cm³/mol. The molecule has 5 heteroatoms. The average Bonchev–Trinajstić information content (AvgIpc) is 2.67. The van der Waals surface area contributed by atoms with Crippen LogP contribution in [0.2, 0.25) is 0 Å². The van der Waals surface area contributed by atoms with Gasteiger partial charge >= 0.3 is 0 Å². The molecule has 0 amide bonds. The third-order valence-electron chi connectivity index (χ3n) is 4.43. The lowest BCUT2D eigenvalue weighted by Gasteiger charge is -2.18. The highest BCUT2D eigenvalue weighted by molar-refractivity contribution is 9.10. The second kappa shape index (κ2) is 8.19. The lowest BCUT2D eigenvalue weighted by Crippen LogP contribution is -2.18. The van der Waals surface area contributed by atoms with Gasteiger partial charge in [-0.1, -0.05) is 76.1 Å². The Labute approximate surface area is 168 Å². The minimum Gasteiger partial charge on any atom is -0.294 e. The Hall–Kier alpha value is -2.24. The molecule has 1 atom stereocenters. The Morgan fingerprint density at radius 3 is 2.07 bits per heavy atom. The van der Waals surface area contributed by atoms with Gasteiger partial charge < -0.3 is 0 Å². The second-order valence-electron chi connectivity index (χ2n) is 6.39. The number of Topliss-reactive ketones (excluding diaryl/α,β-unsaturated/α-hetero) is 1. The fourth-order valence-electron chi connectivity index (χ4n) is 2.89. The normalized spacial score (nSPS) is 12.5. The summed E-state index contributed by atoms with van der Waals surface area (Å²) in [7, 11) is -3.71. The highest BCUT2D eigenvalue weighted by Gasteiger charge is 2.31. The van der Waals surface area contributed by atoms with Gasteiger partial charge in [0.05, 0.1) is 10.1 Å². The maximum absolute atomic E-state index is 13.3. The maximum atomic E-state index is 13.3. The average molecular weight is 443 g/mol. The number of halogens is 1. The molecule has 0 aliphatic carbocycles. The van der Waals surface area contributed by atoms with Crippen molar-refractivity contribution < 1.29 is 13.2 Å². The van der Waals surface area contributed by atoms with Crippen LogP contribution in [0.1, 0.15) is 33.2 Å². The van der Waals surface area contributed by atoms with Crippen LogP contribution < -0.4 is 0 Å². The van der Waals surface area contributed by atoms with Gasteiger partial charge in [0, 0.05) is 16.5 Å². The standard InChI is InChI=1S/C22H19BrO3S/c1-16-7-13-20(14-8-16)27(25,26)22(18-5-3-2-4-6-18)15-21(24)17-9-11-19(23)12-10-17/h2-14,22H,15H2,1H3/t22-/m0/s1. The first-order valence-electron chi connectivity index (χ1n) is 8.52. The first-order chi connectivity index (χ1) is 12.9. The van der Waals surface area contributed by atoms with Gasteiger partial charge in [0.1, 0.15) is 0 Å². The van der Waals surface area contributed by atoms with Crippen molar-refractivity contribution in [3.63, 3.8) is 0 Å². The summed E-state index contributed by atoms with van der Waals surface area (Å²) in [5.74, 6) is -0.202. The van der Waals surface area contributed by atoms with Crippen molar-refractivity contribution in [1.29, 1.82) is 0 Å². The number of rotatable bonds is 6. The molecule has 0 aliphatic heterocycles. The molecule has 3 aromatic rings. The fraction of sp³-hybridized carbons (Fsp3) is 0.136. The lowest BCUT2D eigenvalue weighted by atomic mass is 10.0. The van der Waals surface area contributed by atoms with Crippen molar-refractivity contribution in [1.82, 2.24) is 0 Å². The summed E-state index contributed by atoms with van der Waals surface area (Å²) in [6, 6.07) is 22.6. The molecule has 0 aliphatic rings. The highest BCUT2D eigenvalue weighted by Crippen LogP contribution is 2.33. The molecular weight excluding hydrogens is 424 g/mol. The van der Waals surface area contributed by atoms with E-state index in [1.165, 1.54) is 0 Å². The zero-order chi connectivity index (χ0) is 19.4. The Kier molecular flexibility index (Phi) is 5.92. The molecule has 0 unspecified atom stereocenters. The van der Waals surface area contributed by atoms with Crippen LogP contribution in [-0.2, 0) is 9.84 Å². The fourth-order valence-corrected chi connectivity index (χ4v) is 4.88. The highest BCUT2D eigenvalue weighted by atomic mass is 79.9. The van der Waals surface area contributed by atoms with Crippen LogP contribution in [0.5, 0.6) is 0 Å². The molecule has 27 heavy (non-hydrogen) atoms. The molecule has 0 bridgehead atoms. The quantitative estimate of drug-likeness (QED) is 0.470. The third-order valence-corrected chi connectivity index (χ3v) is 7.08. The third kappa shape index (κ3) is 4.54. The summed E-state index contributed by atoms with van der Waals surface area (Å²) in [6.45, 7) is 1.90. The molecule has 0 radical (unpaired) electrons. The van der Waals surface area contributed by atoms with Gasteiger partial charge in [0.25, 0.3) is 0 Å². The summed E-state index contributed by atoms with van der Waals surface area (Å²) in [5.41, 5.74) is 2.10. The van der Waals surface area contributed by atoms with E-state index in [9.17, 15) is 13.2 Å². The Morgan fingerprint density at radius 1 is 0.889 bits per heavy atom. The van der Waals surface area contributed by atoms with Gasteiger partial charge in [-0.3, -0.25) is 4.79 Å². The zero-order valence-electron chi connectivity index (χ0n) is 14.8. The number of aryl methyl sites for hydroxylation is 1. The van der Waals surface area contributed by atoms with Gasteiger partial charge in [0.2, 0.25) is 0 Å². The molecule has 0 saturated heterocycles. The van der Waals surface area contributed by atoms with Crippen LogP contribution in [0.15, 0.2) is 88.2 Å². The van der Waals surface area contributed by atoms with Gasteiger partial charge in [-0.2, -0.15) is 0 Å². The van der Waals surface area contributed by atoms with Crippen molar-refractivity contribution in [2.75, 3.05) is 0 Å². The molecule has 138 valence electrons. The first-order valence-corrected chi connectivity index (χ1v) is 10.9. The Balaban J connectivity index is 2.00. The van der Waals surface area contributed by atoms with Crippen LogP contribution in [0.25, 0.3) is 0 Å². The predicted octanol–water partition coefficient (Wildman–Crippen LogP) is 5.55. The monoisotopic (exact) mass is 442 g/mol. The van der Waals surface area contributed by atoms with E-state index < -0.39 is 15.1 Å². The lowest BCUT2D eigenvalue weighted by molar-refractivity contribution is 0.0980. The minimum atomic E-state index is -3.71. The zero-order valence-corrected chi connectivity index (χ0v) is 17.2. The van der Waals surface area contributed by atoms with Crippen molar-refractivity contribution in [3.05, 3.63) is 100 Å². The van der Waals surface area contributed by atoms with Gasteiger partial charge in [-0.15, -0.1) is 0 Å². The SMILES string of the molecule is Cc1ccc(S(=O)(=O)[C@@H](CC(=O)c2ccc(Br)cc2)c2ccccc2)cc1. The number of hydrogen-bond acceptors (Lipinski definition) is 3. The smallest absolute Gasteiger partial charge is 0.185 e. The van der Waals surface area contributed by atoms with E-state index in [0.29, 0.717) is 11.1 Å². The summed E-state index contributed by atoms with van der Waals surface area (Å²) in [6.07, 6.45) is -0.109. The van der Waals surface area contributed by atoms with Crippen molar-refractivity contribution >= 4 is 31.6 Å². The summed E-state index contributed by atoms with van der Waals surface area (Å²) in [5, 5.41) is -0.933. The molecule has 0 saturated carbocycles. The number of benzene rings is 3. The number of carbonyl (C=O) groups is 1.